The predicted molar refractivity (Wildman–Crippen MR) is 72.6 cm³/mol. The Hall–Kier alpha value is -0.900. The van der Waals surface area contributed by atoms with E-state index in [1.54, 1.807) is 4.90 Å². The van der Waals surface area contributed by atoms with Crippen LogP contribution >= 0.6 is 15.9 Å². The van der Waals surface area contributed by atoms with Gasteiger partial charge in [0.1, 0.15) is 5.82 Å². The van der Waals surface area contributed by atoms with E-state index in [0.29, 0.717) is 18.3 Å². The average molecular weight is 297 g/mol. The number of anilines is 1. The summed E-state index contributed by atoms with van der Waals surface area (Å²) >= 11 is 3.44. The lowest BCUT2D eigenvalue weighted by Gasteiger charge is -2.16. The maximum atomic E-state index is 11.9. The fraction of sp³-hybridized carbons (Fsp3) is 0.538. The number of halogens is 1. The third-order valence-corrected chi connectivity index (χ3v) is 3.96. The van der Waals surface area contributed by atoms with E-state index < -0.39 is 0 Å². The molecular formula is C13H17BrN2O. The first kappa shape index (κ1) is 12.6. The summed E-state index contributed by atoms with van der Waals surface area (Å²) in [5.74, 6) is 1.78. The molecule has 1 aliphatic rings. The van der Waals surface area contributed by atoms with Gasteiger partial charge in [-0.05, 0) is 24.0 Å². The van der Waals surface area contributed by atoms with Gasteiger partial charge in [-0.3, -0.25) is 9.69 Å². The summed E-state index contributed by atoms with van der Waals surface area (Å²) < 4.78 is 0. The zero-order chi connectivity index (χ0) is 12.4. The Morgan fingerprint density at radius 1 is 1.53 bits per heavy atom. The Morgan fingerprint density at radius 3 is 2.88 bits per heavy atom. The minimum Gasteiger partial charge on any atom is -0.296 e. The van der Waals surface area contributed by atoms with Crippen LogP contribution in [0, 0.1) is 5.92 Å². The van der Waals surface area contributed by atoms with Crippen molar-refractivity contribution >= 4 is 27.7 Å². The van der Waals surface area contributed by atoms with Crippen molar-refractivity contribution in [3.8, 4) is 0 Å². The van der Waals surface area contributed by atoms with Gasteiger partial charge in [0.05, 0.1) is 0 Å². The van der Waals surface area contributed by atoms with E-state index in [0.717, 1.165) is 23.4 Å². The van der Waals surface area contributed by atoms with Crippen molar-refractivity contribution in [3.05, 3.63) is 23.9 Å². The first-order valence-electron chi connectivity index (χ1n) is 5.95. The molecule has 1 amide bonds. The maximum absolute atomic E-state index is 11.9. The number of hydrogen-bond donors (Lipinski definition) is 0. The lowest BCUT2D eigenvalue weighted by Crippen LogP contribution is -2.25. The van der Waals surface area contributed by atoms with Crippen molar-refractivity contribution in [2.45, 2.75) is 26.2 Å². The Bertz CT molecular complexity index is 420. The molecule has 92 valence electrons. The van der Waals surface area contributed by atoms with Crippen molar-refractivity contribution in [3.63, 3.8) is 0 Å². The van der Waals surface area contributed by atoms with Crippen LogP contribution in [0.5, 0.6) is 0 Å². The first-order valence-corrected chi connectivity index (χ1v) is 7.07. The zero-order valence-electron chi connectivity index (χ0n) is 10.2. The van der Waals surface area contributed by atoms with Crippen LogP contribution in [-0.2, 0) is 4.79 Å². The van der Waals surface area contributed by atoms with E-state index in [1.807, 2.05) is 18.2 Å². The van der Waals surface area contributed by atoms with Gasteiger partial charge in [-0.2, -0.15) is 0 Å². The van der Waals surface area contributed by atoms with Crippen molar-refractivity contribution in [2.75, 3.05) is 16.8 Å². The lowest BCUT2D eigenvalue weighted by molar-refractivity contribution is -0.117. The van der Waals surface area contributed by atoms with Crippen molar-refractivity contribution in [1.82, 2.24) is 4.98 Å². The molecule has 0 saturated carbocycles. The standard InChI is InChI=1S/C13H17BrN2O/c1-9(2)11-4-3-5-12(15-11)16-8-10(7-14)6-13(16)17/h3-5,9-10H,6-8H2,1-2H3. The van der Waals surface area contributed by atoms with Gasteiger partial charge in [-0.25, -0.2) is 4.98 Å². The minimum absolute atomic E-state index is 0.183. The Morgan fingerprint density at radius 2 is 2.29 bits per heavy atom. The van der Waals surface area contributed by atoms with E-state index in [4.69, 9.17) is 0 Å². The molecule has 1 aromatic rings. The normalized spacial score (nSPS) is 20.4. The molecule has 1 fully saturated rings. The van der Waals surface area contributed by atoms with Crippen LogP contribution in [0.2, 0.25) is 0 Å². The number of pyridine rings is 1. The molecule has 2 rings (SSSR count). The van der Waals surface area contributed by atoms with Gasteiger partial charge < -0.3 is 0 Å². The molecule has 1 atom stereocenters. The highest BCUT2D eigenvalue weighted by Crippen LogP contribution is 2.25. The fourth-order valence-electron chi connectivity index (χ4n) is 2.02. The summed E-state index contributed by atoms with van der Waals surface area (Å²) in [5, 5.41) is 0.874. The third-order valence-electron chi connectivity index (χ3n) is 3.05. The second-order valence-corrected chi connectivity index (χ2v) is 5.45. The molecule has 1 saturated heterocycles. The quantitative estimate of drug-likeness (QED) is 0.804. The molecule has 0 bridgehead atoms. The number of aromatic nitrogens is 1. The molecule has 0 spiro atoms. The summed E-state index contributed by atoms with van der Waals surface area (Å²) in [6.45, 7) is 5.00. The van der Waals surface area contributed by atoms with Crippen LogP contribution in [0.15, 0.2) is 18.2 Å². The van der Waals surface area contributed by atoms with E-state index in [-0.39, 0.29) is 5.91 Å². The van der Waals surface area contributed by atoms with Gasteiger partial charge in [0, 0.05) is 24.0 Å². The van der Waals surface area contributed by atoms with Gasteiger partial charge in [0.25, 0.3) is 0 Å². The monoisotopic (exact) mass is 296 g/mol. The lowest BCUT2D eigenvalue weighted by atomic mass is 10.1. The van der Waals surface area contributed by atoms with Crippen LogP contribution in [0.25, 0.3) is 0 Å². The van der Waals surface area contributed by atoms with Crippen LogP contribution in [0.1, 0.15) is 31.9 Å². The third kappa shape index (κ3) is 2.68. The molecule has 17 heavy (non-hydrogen) atoms. The first-order chi connectivity index (χ1) is 8.11. The maximum Gasteiger partial charge on any atom is 0.228 e. The van der Waals surface area contributed by atoms with E-state index in [1.165, 1.54) is 0 Å². The largest absolute Gasteiger partial charge is 0.296 e. The zero-order valence-corrected chi connectivity index (χ0v) is 11.8. The molecule has 1 unspecified atom stereocenters. The summed E-state index contributed by atoms with van der Waals surface area (Å²) in [5.41, 5.74) is 1.04. The Kier molecular flexibility index (Phi) is 3.82. The molecule has 2 heterocycles. The molecule has 3 nitrogen and oxygen atoms in total. The van der Waals surface area contributed by atoms with Crippen LogP contribution in [0.4, 0.5) is 5.82 Å². The number of hydrogen-bond acceptors (Lipinski definition) is 2. The second kappa shape index (κ2) is 5.17. The van der Waals surface area contributed by atoms with Crippen LogP contribution < -0.4 is 4.90 Å². The minimum atomic E-state index is 0.183. The molecule has 0 aromatic carbocycles. The van der Waals surface area contributed by atoms with Crippen molar-refractivity contribution in [2.24, 2.45) is 5.92 Å². The number of carbonyl (C=O) groups excluding carboxylic acids is 1. The van der Waals surface area contributed by atoms with E-state index in [9.17, 15) is 4.79 Å². The average Bonchev–Trinajstić information content (AvgIpc) is 2.71. The molecule has 4 heteroatoms. The fourth-order valence-corrected chi connectivity index (χ4v) is 2.45. The van der Waals surface area contributed by atoms with Crippen molar-refractivity contribution < 1.29 is 4.79 Å². The number of carbonyl (C=O) groups is 1. The molecule has 0 aliphatic carbocycles. The molecular weight excluding hydrogens is 280 g/mol. The Balaban J connectivity index is 2.22. The van der Waals surface area contributed by atoms with Gasteiger partial charge in [0.15, 0.2) is 0 Å². The summed E-state index contributed by atoms with van der Waals surface area (Å²) in [6, 6.07) is 5.91. The molecule has 1 aliphatic heterocycles. The number of amides is 1. The van der Waals surface area contributed by atoms with Gasteiger partial charge in [-0.1, -0.05) is 35.8 Å². The predicted octanol–water partition coefficient (Wildman–Crippen LogP) is 2.95. The number of rotatable bonds is 3. The van der Waals surface area contributed by atoms with Gasteiger partial charge in [-0.15, -0.1) is 0 Å². The SMILES string of the molecule is CC(C)c1cccc(N2CC(CBr)CC2=O)n1. The summed E-state index contributed by atoms with van der Waals surface area (Å²) in [7, 11) is 0. The molecule has 1 aromatic heterocycles. The number of nitrogens with zero attached hydrogens (tertiary/aromatic N) is 2. The number of alkyl halides is 1. The highest BCUT2D eigenvalue weighted by Gasteiger charge is 2.30. The smallest absolute Gasteiger partial charge is 0.228 e. The van der Waals surface area contributed by atoms with Crippen LogP contribution in [0.3, 0.4) is 0 Å². The van der Waals surface area contributed by atoms with Gasteiger partial charge in [0.2, 0.25) is 5.91 Å². The van der Waals surface area contributed by atoms with Crippen molar-refractivity contribution in [1.29, 1.82) is 0 Å². The van der Waals surface area contributed by atoms with E-state index in [2.05, 4.69) is 34.8 Å². The summed E-state index contributed by atoms with van der Waals surface area (Å²) in [6.07, 6.45) is 0.624. The van der Waals surface area contributed by atoms with E-state index >= 15 is 0 Å². The van der Waals surface area contributed by atoms with Crippen LogP contribution in [-0.4, -0.2) is 22.8 Å². The molecule has 0 radical (unpaired) electrons. The highest BCUT2D eigenvalue weighted by molar-refractivity contribution is 9.09. The van der Waals surface area contributed by atoms with Gasteiger partial charge >= 0.3 is 0 Å². The Labute approximate surface area is 110 Å². The molecule has 0 N–H and O–H groups in total. The summed E-state index contributed by atoms with van der Waals surface area (Å²) in [4.78, 5) is 18.3. The topological polar surface area (TPSA) is 33.2 Å². The second-order valence-electron chi connectivity index (χ2n) is 4.80. The highest BCUT2D eigenvalue weighted by atomic mass is 79.9.